The molecule has 13 heteroatoms. The van der Waals surface area contributed by atoms with E-state index in [-0.39, 0.29) is 12.8 Å². The van der Waals surface area contributed by atoms with Gasteiger partial charge in [0, 0.05) is 6.54 Å². The molecule has 25 heavy (non-hydrogen) atoms. The second kappa shape index (κ2) is 8.02. The van der Waals surface area contributed by atoms with E-state index in [1.54, 1.807) is 6.92 Å². The summed E-state index contributed by atoms with van der Waals surface area (Å²) in [6, 6.07) is 0. The predicted molar refractivity (Wildman–Crippen MR) is 70.9 cm³/mol. The van der Waals surface area contributed by atoms with Crippen LogP contribution >= 0.6 is 7.29 Å². The molecule has 0 saturated carbocycles. The molecule has 1 atom stereocenters. The van der Waals surface area contributed by atoms with E-state index in [1.807, 2.05) is 0 Å². The average Bonchev–Trinajstić information content (AvgIpc) is 2.44. The number of alkyl halides is 10. The molecule has 0 fully saturated rings. The van der Waals surface area contributed by atoms with Crippen molar-refractivity contribution in [2.45, 2.75) is 63.2 Å². The molecule has 0 rings (SSSR count). The quantitative estimate of drug-likeness (QED) is 0.351. The topological polar surface area (TPSA) is 29.1 Å². The highest BCUT2D eigenvalue weighted by Crippen LogP contribution is 2.74. The summed E-state index contributed by atoms with van der Waals surface area (Å²) in [5, 5.41) is 0.765. The summed E-state index contributed by atoms with van der Waals surface area (Å²) >= 11 is 0. The Morgan fingerprint density at radius 2 is 1.24 bits per heavy atom. The lowest BCUT2D eigenvalue weighted by atomic mass is 10.00. The summed E-state index contributed by atoms with van der Waals surface area (Å²) in [4.78, 5) is 0. The molecular weight excluding hydrogens is 395 g/mol. The van der Waals surface area contributed by atoms with Crippen LogP contribution in [0.25, 0.3) is 0 Å². The molecule has 0 aliphatic heterocycles. The fourth-order valence-electron chi connectivity index (χ4n) is 1.93. The fraction of sp³-hybridized carbons (Fsp3) is 1.00. The van der Waals surface area contributed by atoms with Crippen LogP contribution in [0.15, 0.2) is 0 Å². The van der Waals surface area contributed by atoms with E-state index in [0.717, 1.165) is 5.09 Å². The molecular formula is C12H18F10NOP. The van der Waals surface area contributed by atoms with Crippen LogP contribution in [-0.4, -0.2) is 30.2 Å². The van der Waals surface area contributed by atoms with Crippen molar-refractivity contribution in [3.8, 4) is 0 Å². The van der Waals surface area contributed by atoms with Crippen LogP contribution < -0.4 is 5.09 Å². The first-order valence-corrected chi connectivity index (χ1v) is 8.94. The maximum absolute atomic E-state index is 13.4. The Labute approximate surface area is 137 Å². The van der Waals surface area contributed by atoms with Gasteiger partial charge in [-0.25, -0.2) is 0 Å². The Balaban J connectivity index is 5.93. The summed E-state index contributed by atoms with van der Waals surface area (Å²) in [6.45, 7) is 2.06. The van der Waals surface area contributed by atoms with Crippen molar-refractivity contribution < 1.29 is 48.5 Å². The third-order valence-electron chi connectivity index (χ3n) is 3.62. The van der Waals surface area contributed by atoms with Gasteiger partial charge in [-0.3, -0.25) is 9.65 Å². The van der Waals surface area contributed by atoms with Gasteiger partial charge in [-0.05, 0) is 12.3 Å². The third-order valence-corrected chi connectivity index (χ3v) is 6.34. The van der Waals surface area contributed by atoms with Gasteiger partial charge in [0.05, 0.1) is 0 Å². The summed E-state index contributed by atoms with van der Waals surface area (Å²) in [5.74, 6) is -0.790. The lowest BCUT2D eigenvalue weighted by Gasteiger charge is -2.36. The van der Waals surface area contributed by atoms with Crippen LogP contribution in [0.2, 0.25) is 0 Å². The molecule has 0 aromatic carbocycles. The van der Waals surface area contributed by atoms with Gasteiger partial charge < -0.3 is 0 Å². The first kappa shape index (κ1) is 24.5. The smallest absolute Gasteiger partial charge is 0.293 e. The standard InChI is InChI=1S/C12H18F10NOP/c1-3-5-6-8(4-2)7-23-25(24,11(19,20)9(13,14)15)12(21,22)10(16,17)18/h8H,3-7H2,1-2H3,(H,23,24). The highest BCUT2D eigenvalue weighted by atomic mass is 31.2. The third kappa shape index (κ3) is 4.81. The molecule has 0 amide bonds. The van der Waals surface area contributed by atoms with E-state index in [2.05, 4.69) is 0 Å². The van der Waals surface area contributed by atoms with Gasteiger partial charge in [0.25, 0.3) is 0 Å². The fourth-order valence-corrected chi connectivity index (χ4v) is 3.91. The lowest BCUT2D eigenvalue weighted by molar-refractivity contribution is -0.267. The maximum atomic E-state index is 13.4. The number of hydrogen-bond acceptors (Lipinski definition) is 1. The number of nitrogens with one attached hydrogen (secondary N) is 1. The van der Waals surface area contributed by atoms with E-state index in [9.17, 15) is 48.5 Å². The second-order valence-corrected chi connectivity index (χ2v) is 8.12. The SMILES string of the molecule is CCCCC(CC)CNP(=O)(C(F)(F)C(F)(F)F)C(F)(F)C(F)(F)F. The van der Waals surface area contributed by atoms with E-state index >= 15 is 0 Å². The zero-order chi connectivity index (χ0) is 20.3. The van der Waals surface area contributed by atoms with E-state index in [0.29, 0.717) is 12.8 Å². The second-order valence-electron chi connectivity index (χ2n) is 5.47. The molecule has 0 saturated heterocycles. The molecule has 0 bridgehead atoms. The maximum Gasteiger partial charge on any atom is 0.462 e. The largest absolute Gasteiger partial charge is 0.462 e. The highest BCUT2D eigenvalue weighted by Gasteiger charge is 2.83. The van der Waals surface area contributed by atoms with Gasteiger partial charge >= 0.3 is 31.0 Å². The first-order chi connectivity index (χ1) is 11.0. The molecule has 2 nitrogen and oxygen atoms in total. The number of halogens is 10. The van der Waals surface area contributed by atoms with Crippen LogP contribution in [0.5, 0.6) is 0 Å². The number of unbranched alkanes of at least 4 members (excludes halogenated alkanes) is 1. The van der Waals surface area contributed by atoms with E-state index < -0.39 is 43.4 Å². The summed E-state index contributed by atoms with van der Waals surface area (Å²) in [5.41, 5.74) is -13.5. The van der Waals surface area contributed by atoms with Crippen LogP contribution in [-0.2, 0) is 4.57 Å². The minimum Gasteiger partial charge on any atom is -0.293 e. The molecule has 0 aromatic heterocycles. The highest BCUT2D eigenvalue weighted by molar-refractivity contribution is 7.64. The molecule has 0 aliphatic carbocycles. The molecule has 0 heterocycles. The van der Waals surface area contributed by atoms with Gasteiger partial charge in [0.1, 0.15) is 0 Å². The van der Waals surface area contributed by atoms with Crippen molar-refractivity contribution in [1.29, 1.82) is 0 Å². The van der Waals surface area contributed by atoms with Crippen molar-refractivity contribution in [3.63, 3.8) is 0 Å². The Kier molecular flexibility index (Phi) is 7.86. The van der Waals surface area contributed by atoms with Crippen molar-refractivity contribution in [3.05, 3.63) is 0 Å². The van der Waals surface area contributed by atoms with Gasteiger partial charge in [-0.15, -0.1) is 0 Å². The Morgan fingerprint density at radius 3 is 1.52 bits per heavy atom. The van der Waals surface area contributed by atoms with E-state index in [4.69, 9.17) is 0 Å². The van der Waals surface area contributed by atoms with Crippen LogP contribution in [0, 0.1) is 5.92 Å². The van der Waals surface area contributed by atoms with Crippen molar-refractivity contribution in [1.82, 2.24) is 5.09 Å². The summed E-state index contributed by atoms with van der Waals surface area (Å²) in [6.07, 6.45) is -12.4. The predicted octanol–water partition coefficient (Wildman–Crippen LogP) is 6.38. The first-order valence-electron chi connectivity index (χ1n) is 7.24. The molecule has 0 spiro atoms. The Hall–Kier alpha value is -0.510. The van der Waals surface area contributed by atoms with Gasteiger partial charge in [0.15, 0.2) is 0 Å². The van der Waals surface area contributed by atoms with Crippen molar-refractivity contribution in [2.24, 2.45) is 5.92 Å². The number of hydrogen-bond donors (Lipinski definition) is 1. The minimum atomic E-state index is -7.63. The zero-order valence-electron chi connectivity index (χ0n) is 13.2. The monoisotopic (exact) mass is 413 g/mol. The van der Waals surface area contributed by atoms with Crippen LogP contribution in [0.1, 0.15) is 39.5 Å². The molecule has 152 valence electrons. The summed E-state index contributed by atoms with van der Waals surface area (Å²) < 4.78 is 140. The molecule has 0 radical (unpaired) electrons. The van der Waals surface area contributed by atoms with Gasteiger partial charge in [-0.2, -0.15) is 43.9 Å². The number of rotatable bonds is 9. The van der Waals surface area contributed by atoms with Crippen molar-refractivity contribution in [2.75, 3.05) is 6.54 Å². The van der Waals surface area contributed by atoms with E-state index in [1.165, 1.54) is 6.92 Å². The molecule has 1 N–H and O–H groups in total. The van der Waals surface area contributed by atoms with Crippen LogP contribution in [0.4, 0.5) is 43.9 Å². The van der Waals surface area contributed by atoms with Gasteiger partial charge in [-0.1, -0.05) is 33.1 Å². The van der Waals surface area contributed by atoms with Gasteiger partial charge in [0.2, 0.25) is 0 Å². The summed E-state index contributed by atoms with van der Waals surface area (Å²) in [7, 11) is -7.63. The Bertz CT molecular complexity index is 443. The van der Waals surface area contributed by atoms with Crippen LogP contribution in [0.3, 0.4) is 0 Å². The normalized spacial score (nSPS) is 16.2. The molecule has 0 aliphatic rings. The minimum absolute atomic E-state index is 0.0994. The zero-order valence-corrected chi connectivity index (χ0v) is 14.1. The van der Waals surface area contributed by atoms with Crippen molar-refractivity contribution >= 4 is 7.29 Å². The lowest BCUT2D eigenvalue weighted by Crippen LogP contribution is -2.51. The molecule has 1 unspecified atom stereocenters. The average molecular weight is 413 g/mol. The molecule has 0 aromatic rings. The Morgan fingerprint density at radius 1 is 0.840 bits per heavy atom.